The van der Waals surface area contributed by atoms with Crippen molar-refractivity contribution in [3.8, 4) is 0 Å². The zero-order valence-electron chi connectivity index (χ0n) is 11.9. The fourth-order valence-electron chi connectivity index (χ4n) is 2.84. The van der Waals surface area contributed by atoms with Gasteiger partial charge in [0.25, 0.3) is 0 Å². The molecule has 0 spiro atoms. The first-order valence-corrected chi connectivity index (χ1v) is 7.10. The molecule has 0 amide bonds. The molecule has 0 radical (unpaired) electrons. The van der Waals surface area contributed by atoms with E-state index >= 15 is 0 Å². The molecule has 1 saturated carbocycles. The zero-order chi connectivity index (χ0) is 15.4. The van der Waals surface area contributed by atoms with Crippen LogP contribution in [0.4, 0.5) is 11.5 Å². The lowest BCUT2D eigenvalue weighted by Gasteiger charge is -2.23. The highest BCUT2D eigenvalue weighted by Gasteiger charge is 2.31. The van der Waals surface area contributed by atoms with Gasteiger partial charge in [0.2, 0.25) is 5.82 Å². The molecular formula is C14H19N3O4. The van der Waals surface area contributed by atoms with Gasteiger partial charge in [0.05, 0.1) is 10.8 Å². The smallest absolute Gasteiger partial charge is 0.314 e. The standard InChI is InChI=1S/C14H19N3O4/c1-9-7-8-15-13(12(9)17(20)21)16-11-6-4-2-3-5-10(11)14(18)19/h7-8,10-11H,2-6H2,1H3,(H,15,16)(H,18,19). The van der Waals surface area contributed by atoms with Crippen molar-refractivity contribution in [3.05, 3.63) is 27.9 Å². The van der Waals surface area contributed by atoms with Crippen LogP contribution in [0.5, 0.6) is 0 Å². The Hall–Kier alpha value is -2.18. The van der Waals surface area contributed by atoms with Gasteiger partial charge < -0.3 is 10.4 Å². The molecule has 0 aliphatic heterocycles. The molecule has 2 N–H and O–H groups in total. The van der Waals surface area contributed by atoms with Gasteiger partial charge in [0.1, 0.15) is 0 Å². The number of rotatable bonds is 4. The van der Waals surface area contributed by atoms with Crippen LogP contribution in [0.25, 0.3) is 0 Å². The molecule has 1 aliphatic rings. The number of aliphatic carboxylic acids is 1. The second kappa shape index (κ2) is 6.51. The first-order chi connectivity index (χ1) is 10.0. The molecule has 2 unspecified atom stereocenters. The summed E-state index contributed by atoms with van der Waals surface area (Å²) in [6.45, 7) is 1.65. The number of hydrogen-bond donors (Lipinski definition) is 2. The highest BCUT2D eigenvalue weighted by Crippen LogP contribution is 2.31. The van der Waals surface area contributed by atoms with Crippen LogP contribution in [0.1, 0.15) is 37.7 Å². The average Bonchev–Trinajstić information content (AvgIpc) is 2.63. The van der Waals surface area contributed by atoms with Gasteiger partial charge in [0.15, 0.2) is 0 Å². The van der Waals surface area contributed by atoms with Crippen LogP contribution < -0.4 is 5.32 Å². The van der Waals surface area contributed by atoms with Crippen LogP contribution in [-0.4, -0.2) is 27.0 Å². The number of carboxylic acids is 1. The molecule has 1 aliphatic carbocycles. The van der Waals surface area contributed by atoms with Gasteiger partial charge in [-0.3, -0.25) is 14.9 Å². The number of carbonyl (C=O) groups is 1. The Morgan fingerprint density at radius 2 is 2.14 bits per heavy atom. The minimum atomic E-state index is -0.857. The number of aryl methyl sites for hydroxylation is 1. The van der Waals surface area contributed by atoms with E-state index in [-0.39, 0.29) is 17.5 Å². The van der Waals surface area contributed by atoms with E-state index in [9.17, 15) is 20.0 Å². The van der Waals surface area contributed by atoms with E-state index in [1.807, 2.05) is 0 Å². The van der Waals surface area contributed by atoms with Gasteiger partial charge in [-0.2, -0.15) is 0 Å². The number of anilines is 1. The summed E-state index contributed by atoms with van der Waals surface area (Å²) in [6.07, 6.45) is 5.55. The third kappa shape index (κ3) is 3.48. The maximum absolute atomic E-state index is 11.4. The predicted molar refractivity (Wildman–Crippen MR) is 77.2 cm³/mol. The van der Waals surface area contributed by atoms with Gasteiger partial charge in [-0.05, 0) is 25.8 Å². The number of carboxylic acid groups (broad SMARTS) is 1. The second-order valence-corrected chi connectivity index (χ2v) is 5.42. The van der Waals surface area contributed by atoms with Gasteiger partial charge >= 0.3 is 11.7 Å². The molecule has 2 rings (SSSR count). The molecule has 0 aromatic carbocycles. The van der Waals surface area contributed by atoms with Crippen LogP contribution in [0.3, 0.4) is 0 Å². The summed E-state index contributed by atoms with van der Waals surface area (Å²) in [6, 6.07) is 1.25. The molecular weight excluding hydrogens is 274 g/mol. The number of nitrogens with zero attached hydrogens (tertiary/aromatic N) is 2. The van der Waals surface area contributed by atoms with Crippen molar-refractivity contribution in [2.45, 2.75) is 45.1 Å². The number of pyridine rings is 1. The Balaban J connectivity index is 2.28. The van der Waals surface area contributed by atoms with E-state index in [1.165, 1.54) is 6.20 Å². The Morgan fingerprint density at radius 1 is 1.43 bits per heavy atom. The molecule has 1 aromatic heterocycles. The summed E-state index contributed by atoms with van der Waals surface area (Å²) < 4.78 is 0. The van der Waals surface area contributed by atoms with E-state index in [0.29, 0.717) is 18.4 Å². The third-order valence-electron chi connectivity index (χ3n) is 3.96. The predicted octanol–water partition coefficient (Wildman–Crippen LogP) is 2.74. The molecule has 1 fully saturated rings. The quantitative estimate of drug-likeness (QED) is 0.502. The molecule has 0 saturated heterocycles. The molecule has 7 nitrogen and oxygen atoms in total. The average molecular weight is 293 g/mol. The molecule has 7 heteroatoms. The second-order valence-electron chi connectivity index (χ2n) is 5.42. The van der Waals surface area contributed by atoms with Crippen molar-refractivity contribution in [2.24, 2.45) is 5.92 Å². The summed E-state index contributed by atoms with van der Waals surface area (Å²) in [5.41, 5.74) is 0.434. The number of nitrogens with one attached hydrogen (secondary N) is 1. The number of nitro groups is 1. The van der Waals surface area contributed by atoms with Crippen molar-refractivity contribution >= 4 is 17.5 Å². The lowest BCUT2D eigenvalue weighted by atomic mass is 9.95. The van der Waals surface area contributed by atoms with Crippen LogP contribution in [0.15, 0.2) is 12.3 Å². The first-order valence-electron chi connectivity index (χ1n) is 7.10. The molecule has 2 atom stereocenters. The first kappa shape index (κ1) is 15.2. The Kier molecular flexibility index (Phi) is 4.72. The molecule has 0 bridgehead atoms. The highest BCUT2D eigenvalue weighted by atomic mass is 16.6. The molecule has 1 aromatic rings. The monoisotopic (exact) mass is 293 g/mol. The topological polar surface area (TPSA) is 105 Å². The van der Waals surface area contributed by atoms with E-state index in [4.69, 9.17) is 0 Å². The number of hydrogen-bond acceptors (Lipinski definition) is 5. The Morgan fingerprint density at radius 3 is 2.81 bits per heavy atom. The summed E-state index contributed by atoms with van der Waals surface area (Å²) in [4.78, 5) is 26.1. The summed E-state index contributed by atoms with van der Waals surface area (Å²) in [5.74, 6) is -1.22. The van der Waals surface area contributed by atoms with Gasteiger partial charge in [-0.1, -0.05) is 19.3 Å². The Labute approximate surface area is 122 Å². The normalized spacial score (nSPS) is 22.3. The van der Waals surface area contributed by atoms with Crippen molar-refractivity contribution < 1.29 is 14.8 Å². The van der Waals surface area contributed by atoms with E-state index in [1.54, 1.807) is 13.0 Å². The van der Waals surface area contributed by atoms with E-state index < -0.39 is 16.8 Å². The summed E-state index contributed by atoms with van der Waals surface area (Å²) in [5, 5.41) is 23.5. The highest BCUT2D eigenvalue weighted by molar-refractivity contribution is 5.72. The van der Waals surface area contributed by atoms with E-state index in [0.717, 1.165) is 19.3 Å². The van der Waals surface area contributed by atoms with Gasteiger partial charge in [-0.15, -0.1) is 0 Å². The maximum Gasteiger partial charge on any atom is 0.314 e. The fraction of sp³-hybridized carbons (Fsp3) is 0.571. The van der Waals surface area contributed by atoms with Crippen molar-refractivity contribution in [2.75, 3.05) is 5.32 Å². The van der Waals surface area contributed by atoms with Crippen LogP contribution >= 0.6 is 0 Å². The van der Waals surface area contributed by atoms with Crippen molar-refractivity contribution in [1.29, 1.82) is 0 Å². The van der Waals surface area contributed by atoms with Gasteiger partial charge in [0, 0.05) is 17.8 Å². The SMILES string of the molecule is Cc1ccnc(NC2CCCCCC2C(=O)O)c1[N+](=O)[O-]. The molecule has 1 heterocycles. The van der Waals surface area contributed by atoms with Crippen LogP contribution in [0.2, 0.25) is 0 Å². The summed E-state index contributed by atoms with van der Waals surface area (Å²) in [7, 11) is 0. The minimum Gasteiger partial charge on any atom is -0.481 e. The number of aromatic nitrogens is 1. The largest absolute Gasteiger partial charge is 0.481 e. The van der Waals surface area contributed by atoms with E-state index in [2.05, 4.69) is 10.3 Å². The lowest BCUT2D eigenvalue weighted by Crippen LogP contribution is -2.34. The fourth-order valence-corrected chi connectivity index (χ4v) is 2.84. The molecule has 21 heavy (non-hydrogen) atoms. The maximum atomic E-state index is 11.4. The Bertz CT molecular complexity index is 547. The molecule has 114 valence electrons. The van der Waals surface area contributed by atoms with Crippen LogP contribution in [-0.2, 0) is 4.79 Å². The van der Waals surface area contributed by atoms with Crippen molar-refractivity contribution in [3.63, 3.8) is 0 Å². The summed E-state index contributed by atoms with van der Waals surface area (Å²) >= 11 is 0. The minimum absolute atomic E-state index is 0.0779. The zero-order valence-corrected chi connectivity index (χ0v) is 11.9. The lowest BCUT2D eigenvalue weighted by molar-refractivity contribution is -0.384. The van der Waals surface area contributed by atoms with Gasteiger partial charge in [-0.25, -0.2) is 4.98 Å². The van der Waals surface area contributed by atoms with Crippen molar-refractivity contribution in [1.82, 2.24) is 4.98 Å². The third-order valence-corrected chi connectivity index (χ3v) is 3.96. The van der Waals surface area contributed by atoms with Crippen LogP contribution in [0, 0.1) is 23.0 Å².